The number of carbonyl (C=O) groups excluding carboxylic acids is 1. The Balaban J connectivity index is 1.96. The van der Waals surface area contributed by atoms with Gasteiger partial charge in [0.1, 0.15) is 5.75 Å². The fourth-order valence-corrected chi connectivity index (χ4v) is 3.35. The largest absolute Gasteiger partial charge is 0.497 e. The van der Waals surface area contributed by atoms with Crippen molar-refractivity contribution in [3.8, 4) is 5.75 Å². The molecule has 0 aliphatic carbocycles. The predicted molar refractivity (Wildman–Crippen MR) is 92.2 cm³/mol. The third-order valence-corrected chi connectivity index (χ3v) is 4.80. The highest BCUT2D eigenvalue weighted by Gasteiger charge is 2.27. The number of methoxy groups -OCH3 is 1. The predicted octanol–water partition coefficient (Wildman–Crippen LogP) is 3.43. The summed E-state index contributed by atoms with van der Waals surface area (Å²) in [5.74, 6) is 0.278. The van der Waals surface area contributed by atoms with E-state index in [2.05, 4.69) is 6.92 Å². The van der Waals surface area contributed by atoms with Crippen LogP contribution in [0.25, 0.3) is 0 Å². The van der Waals surface area contributed by atoms with E-state index in [1.165, 1.54) is 0 Å². The van der Waals surface area contributed by atoms with E-state index in [-0.39, 0.29) is 24.3 Å². The summed E-state index contributed by atoms with van der Waals surface area (Å²) >= 11 is 0. The van der Waals surface area contributed by atoms with Gasteiger partial charge in [-0.05, 0) is 49.3 Å². The SMILES string of the molecule is COc1ccc([C@@H](C)CC(=O)N2CCCC[C@H]2CCC(=O)O)cc1. The van der Waals surface area contributed by atoms with Crippen LogP contribution in [0.2, 0.25) is 0 Å². The third kappa shape index (κ3) is 4.98. The van der Waals surface area contributed by atoms with Gasteiger partial charge in [-0.3, -0.25) is 9.59 Å². The lowest BCUT2D eigenvalue weighted by Crippen LogP contribution is -2.44. The number of hydrogen-bond acceptors (Lipinski definition) is 3. The molecule has 24 heavy (non-hydrogen) atoms. The molecule has 132 valence electrons. The zero-order valence-corrected chi connectivity index (χ0v) is 14.5. The van der Waals surface area contributed by atoms with Crippen LogP contribution in [-0.2, 0) is 9.59 Å². The normalized spacial score (nSPS) is 18.9. The Morgan fingerprint density at radius 2 is 2.00 bits per heavy atom. The average molecular weight is 333 g/mol. The molecule has 0 aromatic heterocycles. The van der Waals surface area contributed by atoms with Crippen LogP contribution in [0, 0.1) is 0 Å². The molecule has 5 nitrogen and oxygen atoms in total. The van der Waals surface area contributed by atoms with E-state index in [0.29, 0.717) is 12.8 Å². The highest BCUT2D eigenvalue weighted by Crippen LogP contribution is 2.26. The summed E-state index contributed by atoms with van der Waals surface area (Å²) in [5, 5.41) is 8.89. The monoisotopic (exact) mass is 333 g/mol. The molecule has 1 heterocycles. The smallest absolute Gasteiger partial charge is 0.303 e. The molecule has 1 aromatic rings. The fraction of sp³-hybridized carbons (Fsp3) is 0.579. The van der Waals surface area contributed by atoms with Gasteiger partial charge >= 0.3 is 5.97 Å². The maximum Gasteiger partial charge on any atom is 0.303 e. The van der Waals surface area contributed by atoms with Gasteiger partial charge in [0.2, 0.25) is 5.91 Å². The van der Waals surface area contributed by atoms with Gasteiger partial charge in [-0.15, -0.1) is 0 Å². The van der Waals surface area contributed by atoms with Crippen molar-refractivity contribution in [3.05, 3.63) is 29.8 Å². The van der Waals surface area contributed by atoms with Crippen molar-refractivity contribution in [3.63, 3.8) is 0 Å². The quantitative estimate of drug-likeness (QED) is 0.830. The summed E-state index contributed by atoms with van der Waals surface area (Å²) in [7, 11) is 1.63. The molecular formula is C19H27NO4. The van der Waals surface area contributed by atoms with Crippen molar-refractivity contribution in [2.75, 3.05) is 13.7 Å². The van der Waals surface area contributed by atoms with Crippen LogP contribution in [-0.4, -0.2) is 41.6 Å². The van der Waals surface area contributed by atoms with Crippen LogP contribution in [0.3, 0.4) is 0 Å². The number of rotatable bonds is 7. The first-order chi connectivity index (χ1) is 11.5. The summed E-state index contributed by atoms with van der Waals surface area (Å²) in [6.07, 6.45) is 4.13. The number of carboxylic acid groups (broad SMARTS) is 1. The molecule has 1 fully saturated rings. The van der Waals surface area contributed by atoms with Gasteiger partial charge in [-0.25, -0.2) is 0 Å². The van der Waals surface area contributed by atoms with Gasteiger partial charge in [0.05, 0.1) is 7.11 Å². The summed E-state index contributed by atoms with van der Waals surface area (Å²) in [6, 6.07) is 7.88. The maximum atomic E-state index is 12.7. The first-order valence-corrected chi connectivity index (χ1v) is 8.66. The minimum absolute atomic E-state index is 0.0745. The molecule has 2 rings (SSSR count). The molecule has 2 atom stereocenters. The van der Waals surface area contributed by atoms with E-state index in [1.54, 1.807) is 7.11 Å². The summed E-state index contributed by atoms with van der Waals surface area (Å²) in [4.78, 5) is 25.4. The maximum absolute atomic E-state index is 12.7. The Hall–Kier alpha value is -2.04. The average Bonchev–Trinajstić information content (AvgIpc) is 2.60. The van der Waals surface area contributed by atoms with Crippen LogP contribution in [0.4, 0.5) is 0 Å². The lowest BCUT2D eigenvalue weighted by atomic mass is 9.94. The minimum Gasteiger partial charge on any atom is -0.497 e. The van der Waals surface area contributed by atoms with E-state index in [0.717, 1.165) is 37.1 Å². The fourth-order valence-electron chi connectivity index (χ4n) is 3.35. The molecule has 5 heteroatoms. The summed E-state index contributed by atoms with van der Waals surface area (Å²) in [6.45, 7) is 2.80. The van der Waals surface area contributed by atoms with Crippen LogP contribution in [0.1, 0.15) is 56.9 Å². The number of amides is 1. The van der Waals surface area contributed by atoms with E-state index < -0.39 is 5.97 Å². The molecule has 0 spiro atoms. The van der Waals surface area contributed by atoms with Gasteiger partial charge in [0.25, 0.3) is 0 Å². The third-order valence-electron chi connectivity index (χ3n) is 4.80. The molecule has 1 aliphatic rings. The second-order valence-electron chi connectivity index (χ2n) is 6.55. The first-order valence-electron chi connectivity index (χ1n) is 8.66. The Morgan fingerprint density at radius 1 is 1.29 bits per heavy atom. The molecule has 0 unspecified atom stereocenters. The molecule has 0 radical (unpaired) electrons. The van der Waals surface area contributed by atoms with Crippen LogP contribution in [0.5, 0.6) is 5.75 Å². The van der Waals surface area contributed by atoms with Crippen molar-refractivity contribution in [2.45, 2.75) is 57.4 Å². The molecule has 1 amide bonds. The van der Waals surface area contributed by atoms with Gasteiger partial charge in [0, 0.05) is 25.4 Å². The van der Waals surface area contributed by atoms with Gasteiger partial charge in [-0.1, -0.05) is 19.1 Å². The van der Waals surface area contributed by atoms with Gasteiger partial charge in [0.15, 0.2) is 0 Å². The molecule has 1 saturated heterocycles. The van der Waals surface area contributed by atoms with Crippen molar-refractivity contribution >= 4 is 11.9 Å². The first kappa shape index (κ1) is 18.3. The van der Waals surface area contributed by atoms with E-state index in [4.69, 9.17) is 9.84 Å². The number of carbonyl (C=O) groups is 2. The number of carboxylic acids is 1. The second kappa shape index (κ2) is 8.71. The standard InChI is InChI=1S/C19H27NO4/c1-14(15-6-9-17(24-2)10-7-15)13-18(21)20-12-4-3-5-16(20)8-11-19(22)23/h6-7,9-10,14,16H,3-5,8,11-13H2,1-2H3,(H,22,23)/t14-,16-/m0/s1. The number of hydrogen-bond donors (Lipinski definition) is 1. The minimum atomic E-state index is -0.792. The van der Waals surface area contributed by atoms with Crippen LogP contribution in [0.15, 0.2) is 24.3 Å². The summed E-state index contributed by atoms with van der Waals surface area (Å²) < 4.78 is 5.16. The zero-order valence-electron chi connectivity index (χ0n) is 14.5. The number of piperidine rings is 1. The van der Waals surface area contributed by atoms with Crippen molar-refractivity contribution in [2.24, 2.45) is 0 Å². The Labute approximate surface area is 143 Å². The molecular weight excluding hydrogens is 306 g/mol. The van der Waals surface area contributed by atoms with Crippen molar-refractivity contribution in [1.82, 2.24) is 4.90 Å². The van der Waals surface area contributed by atoms with E-state index >= 15 is 0 Å². The lowest BCUT2D eigenvalue weighted by Gasteiger charge is -2.36. The number of aliphatic carboxylic acids is 1. The number of benzene rings is 1. The van der Waals surface area contributed by atoms with E-state index in [1.807, 2.05) is 29.2 Å². The summed E-state index contributed by atoms with van der Waals surface area (Å²) in [5.41, 5.74) is 1.11. The Kier molecular flexibility index (Phi) is 6.64. The lowest BCUT2D eigenvalue weighted by molar-refractivity contribution is -0.140. The molecule has 0 saturated carbocycles. The van der Waals surface area contributed by atoms with Crippen molar-refractivity contribution in [1.29, 1.82) is 0 Å². The van der Waals surface area contributed by atoms with E-state index in [9.17, 15) is 9.59 Å². The number of nitrogens with zero attached hydrogens (tertiary/aromatic N) is 1. The Morgan fingerprint density at radius 3 is 2.62 bits per heavy atom. The van der Waals surface area contributed by atoms with Gasteiger partial charge in [-0.2, -0.15) is 0 Å². The van der Waals surface area contributed by atoms with Crippen molar-refractivity contribution < 1.29 is 19.4 Å². The molecule has 1 aromatic carbocycles. The molecule has 0 bridgehead atoms. The zero-order chi connectivity index (χ0) is 17.5. The topological polar surface area (TPSA) is 66.8 Å². The number of ether oxygens (including phenoxy) is 1. The van der Waals surface area contributed by atoms with Crippen LogP contribution < -0.4 is 4.74 Å². The van der Waals surface area contributed by atoms with Gasteiger partial charge < -0.3 is 14.7 Å². The molecule has 1 N–H and O–H groups in total. The Bertz CT molecular complexity index is 555. The second-order valence-corrected chi connectivity index (χ2v) is 6.55. The van der Waals surface area contributed by atoms with Crippen LogP contribution >= 0.6 is 0 Å². The highest BCUT2D eigenvalue weighted by molar-refractivity contribution is 5.77. The number of likely N-dealkylation sites (tertiary alicyclic amines) is 1. The molecule has 1 aliphatic heterocycles. The highest BCUT2D eigenvalue weighted by atomic mass is 16.5.